The highest BCUT2D eigenvalue weighted by Crippen LogP contribution is 2.35. The number of piperidine rings is 1. The molecule has 0 aliphatic carbocycles. The van der Waals surface area contributed by atoms with E-state index < -0.39 is 17.5 Å². The molecule has 7 heteroatoms. The summed E-state index contributed by atoms with van der Waals surface area (Å²) in [7, 11) is 2.09. The number of likely N-dealkylation sites (tertiary alicyclic amines) is 1. The van der Waals surface area contributed by atoms with Crippen LogP contribution in [0.2, 0.25) is 0 Å². The molecular formula is C21H31N3O4. The number of carbonyl (C=O) groups is 2. The summed E-state index contributed by atoms with van der Waals surface area (Å²) < 4.78 is 0. The highest BCUT2D eigenvalue weighted by Gasteiger charge is 2.50. The van der Waals surface area contributed by atoms with Crippen LogP contribution in [0, 0.1) is 5.41 Å². The summed E-state index contributed by atoms with van der Waals surface area (Å²) in [5.41, 5.74) is -0.511. The number of hydrogen-bond acceptors (Lipinski definition) is 5. The van der Waals surface area contributed by atoms with Crippen molar-refractivity contribution in [1.29, 1.82) is 0 Å². The van der Waals surface area contributed by atoms with Crippen molar-refractivity contribution in [3.63, 3.8) is 0 Å². The van der Waals surface area contributed by atoms with E-state index in [1.54, 1.807) is 4.90 Å². The summed E-state index contributed by atoms with van der Waals surface area (Å²) in [5, 5.41) is 20.6. The van der Waals surface area contributed by atoms with Crippen molar-refractivity contribution < 1.29 is 19.8 Å². The van der Waals surface area contributed by atoms with Gasteiger partial charge in [-0.3, -0.25) is 14.5 Å². The molecule has 1 aromatic rings. The normalized spacial score (nSPS) is 27.4. The first-order valence-electron chi connectivity index (χ1n) is 10.0. The molecule has 2 N–H and O–H groups in total. The fourth-order valence-electron chi connectivity index (χ4n) is 4.26. The first kappa shape index (κ1) is 20.8. The zero-order valence-electron chi connectivity index (χ0n) is 16.6. The minimum atomic E-state index is -1.37. The third-order valence-corrected chi connectivity index (χ3v) is 6.10. The minimum Gasteiger partial charge on any atom is -0.481 e. The third-order valence-electron chi connectivity index (χ3n) is 6.10. The predicted molar refractivity (Wildman–Crippen MR) is 106 cm³/mol. The first-order valence-corrected chi connectivity index (χ1v) is 10.0. The van der Waals surface area contributed by atoms with Crippen LogP contribution in [-0.4, -0.2) is 95.8 Å². The van der Waals surface area contributed by atoms with Gasteiger partial charge in [-0.25, -0.2) is 0 Å². The Morgan fingerprint density at radius 3 is 2.57 bits per heavy atom. The van der Waals surface area contributed by atoms with Gasteiger partial charge in [0, 0.05) is 26.2 Å². The van der Waals surface area contributed by atoms with E-state index in [1.807, 2.05) is 30.3 Å². The van der Waals surface area contributed by atoms with Gasteiger partial charge < -0.3 is 20.0 Å². The van der Waals surface area contributed by atoms with Gasteiger partial charge in [-0.15, -0.1) is 0 Å². The summed E-state index contributed by atoms with van der Waals surface area (Å²) in [6.45, 7) is 4.43. The van der Waals surface area contributed by atoms with Gasteiger partial charge >= 0.3 is 5.97 Å². The molecule has 0 bridgehead atoms. The lowest BCUT2D eigenvalue weighted by molar-refractivity contribution is -0.166. The molecule has 1 aromatic carbocycles. The zero-order valence-corrected chi connectivity index (χ0v) is 16.6. The van der Waals surface area contributed by atoms with Crippen LogP contribution in [0.15, 0.2) is 30.3 Å². The Bertz CT molecular complexity index is 683. The van der Waals surface area contributed by atoms with Gasteiger partial charge in [-0.1, -0.05) is 30.3 Å². The molecule has 0 spiro atoms. The highest BCUT2D eigenvalue weighted by atomic mass is 16.4. The second kappa shape index (κ2) is 9.03. The fourth-order valence-corrected chi connectivity index (χ4v) is 4.26. The quantitative estimate of drug-likeness (QED) is 0.764. The number of carboxylic acid groups (broad SMARTS) is 1. The van der Waals surface area contributed by atoms with E-state index in [0.717, 1.165) is 38.2 Å². The van der Waals surface area contributed by atoms with Gasteiger partial charge in [0.1, 0.15) is 5.41 Å². The predicted octanol–water partition coefficient (Wildman–Crippen LogP) is 0.531. The molecule has 7 nitrogen and oxygen atoms in total. The van der Waals surface area contributed by atoms with Crippen LogP contribution >= 0.6 is 0 Å². The molecule has 2 aliphatic rings. The maximum atomic E-state index is 12.9. The maximum absolute atomic E-state index is 12.9. The molecule has 2 aliphatic heterocycles. The summed E-state index contributed by atoms with van der Waals surface area (Å²) in [4.78, 5) is 31.2. The second-order valence-corrected chi connectivity index (χ2v) is 8.18. The van der Waals surface area contributed by atoms with Gasteiger partial charge in [0.25, 0.3) is 0 Å². The number of aliphatic hydroxyl groups is 1. The molecule has 28 heavy (non-hydrogen) atoms. The number of carbonyl (C=O) groups excluding carboxylic acids is 1. The Morgan fingerprint density at radius 1 is 1.11 bits per heavy atom. The molecule has 0 unspecified atom stereocenters. The lowest BCUT2D eigenvalue weighted by Crippen LogP contribution is -2.59. The maximum Gasteiger partial charge on any atom is 0.314 e. The van der Waals surface area contributed by atoms with E-state index in [0.29, 0.717) is 13.1 Å². The number of nitrogens with zero attached hydrogens (tertiary/aromatic N) is 3. The number of hydrogen-bond donors (Lipinski definition) is 2. The van der Waals surface area contributed by atoms with Crippen LogP contribution in [0.5, 0.6) is 0 Å². The summed E-state index contributed by atoms with van der Waals surface area (Å²) in [5.74, 6) is -1.09. The van der Waals surface area contributed by atoms with Crippen molar-refractivity contribution in [2.45, 2.75) is 25.4 Å². The molecule has 2 saturated heterocycles. The van der Waals surface area contributed by atoms with E-state index in [2.05, 4.69) is 16.8 Å². The van der Waals surface area contributed by atoms with E-state index in [4.69, 9.17) is 0 Å². The smallest absolute Gasteiger partial charge is 0.314 e. The van der Waals surface area contributed by atoms with Gasteiger partial charge in [0.05, 0.1) is 12.6 Å². The van der Waals surface area contributed by atoms with Crippen LogP contribution in [0.3, 0.4) is 0 Å². The van der Waals surface area contributed by atoms with E-state index in [-0.39, 0.29) is 25.3 Å². The second-order valence-electron chi connectivity index (χ2n) is 8.18. The van der Waals surface area contributed by atoms with Crippen molar-refractivity contribution in [2.24, 2.45) is 5.41 Å². The van der Waals surface area contributed by atoms with Crippen molar-refractivity contribution >= 4 is 11.9 Å². The average Bonchev–Trinajstić information content (AvgIpc) is 2.88. The molecule has 0 saturated carbocycles. The van der Waals surface area contributed by atoms with Crippen LogP contribution in [0.1, 0.15) is 18.4 Å². The summed E-state index contributed by atoms with van der Waals surface area (Å²) in [6.07, 6.45) is 0.548. The number of rotatable bonds is 5. The highest BCUT2D eigenvalue weighted by molar-refractivity contribution is 5.81. The minimum absolute atomic E-state index is 0.0462. The lowest BCUT2D eigenvalue weighted by Gasteiger charge is -2.44. The molecule has 0 radical (unpaired) electrons. The number of aliphatic hydroxyl groups excluding tert-OH is 1. The molecule has 3 rings (SSSR count). The largest absolute Gasteiger partial charge is 0.481 e. The zero-order chi connectivity index (χ0) is 20.1. The standard InChI is InChI=1S/C21H31N3O4/c1-22-9-5-10-23(13-12-22)15-19(26)24-11-8-18(25)21(16-24,20(27)28)14-17-6-3-2-4-7-17/h2-4,6-7,18,25H,5,8-16H2,1H3,(H,27,28)/t18-,21-/m0/s1. The number of aliphatic carboxylic acids is 1. The van der Waals surface area contributed by atoms with Crippen LogP contribution < -0.4 is 0 Å². The molecular weight excluding hydrogens is 358 g/mol. The Morgan fingerprint density at radius 2 is 1.86 bits per heavy atom. The van der Waals surface area contributed by atoms with Crippen molar-refractivity contribution in [3.05, 3.63) is 35.9 Å². The average molecular weight is 389 g/mol. The Balaban J connectivity index is 1.70. The first-order chi connectivity index (χ1) is 13.4. The number of likely N-dealkylation sites (N-methyl/N-ethyl adjacent to an activating group) is 1. The summed E-state index contributed by atoms with van der Waals surface area (Å²) in [6, 6.07) is 9.33. The van der Waals surface area contributed by atoms with Crippen LogP contribution in [0.4, 0.5) is 0 Å². The number of amides is 1. The van der Waals surface area contributed by atoms with Gasteiger partial charge in [0.2, 0.25) is 5.91 Å². The SMILES string of the molecule is CN1CCCN(CC(=O)N2CC[C@H](O)[C@@](Cc3ccccc3)(C(=O)O)C2)CC1. The van der Waals surface area contributed by atoms with Crippen molar-refractivity contribution in [3.8, 4) is 0 Å². The molecule has 0 aromatic heterocycles. The topological polar surface area (TPSA) is 84.3 Å². The molecule has 1 amide bonds. The molecule has 154 valence electrons. The number of carboxylic acids is 1. The van der Waals surface area contributed by atoms with Gasteiger partial charge in [-0.05, 0) is 45.0 Å². The van der Waals surface area contributed by atoms with Gasteiger partial charge in [-0.2, -0.15) is 0 Å². The third kappa shape index (κ3) is 4.71. The fraction of sp³-hybridized carbons (Fsp3) is 0.619. The Labute approximate surface area is 166 Å². The molecule has 2 fully saturated rings. The van der Waals surface area contributed by atoms with Crippen LogP contribution in [-0.2, 0) is 16.0 Å². The van der Waals surface area contributed by atoms with E-state index >= 15 is 0 Å². The van der Waals surface area contributed by atoms with E-state index in [9.17, 15) is 19.8 Å². The van der Waals surface area contributed by atoms with Crippen molar-refractivity contribution in [1.82, 2.24) is 14.7 Å². The van der Waals surface area contributed by atoms with Crippen molar-refractivity contribution in [2.75, 3.05) is 52.9 Å². The summed E-state index contributed by atoms with van der Waals surface area (Å²) >= 11 is 0. The van der Waals surface area contributed by atoms with Crippen LogP contribution in [0.25, 0.3) is 0 Å². The number of benzene rings is 1. The van der Waals surface area contributed by atoms with E-state index in [1.165, 1.54) is 0 Å². The molecule has 2 atom stereocenters. The monoisotopic (exact) mass is 389 g/mol. The molecule has 2 heterocycles. The Kier molecular flexibility index (Phi) is 6.69. The Hall–Kier alpha value is -1.96. The lowest BCUT2D eigenvalue weighted by atomic mass is 9.73. The van der Waals surface area contributed by atoms with Gasteiger partial charge in [0.15, 0.2) is 0 Å².